The summed E-state index contributed by atoms with van der Waals surface area (Å²) in [5.41, 5.74) is 0. The van der Waals surface area contributed by atoms with Crippen molar-refractivity contribution in [3.05, 3.63) is 0 Å². The zero-order chi connectivity index (χ0) is 18.0. The molecule has 0 aromatic rings. The van der Waals surface area contributed by atoms with Crippen LogP contribution in [0.3, 0.4) is 0 Å². The Morgan fingerprint density at radius 3 is 1.30 bits per heavy atom. The molecule has 0 saturated heterocycles. The fraction of sp³-hybridized carbons (Fsp3) is 1.00. The minimum Gasteiger partial charge on any atom is -0.0651 e. The van der Waals surface area contributed by atoms with E-state index in [2.05, 4.69) is 62.3 Å². The van der Waals surface area contributed by atoms with Crippen LogP contribution in [0.25, 0.3) is 0 Å². The first-order chi connectivity index (χ1) is 10.8. The van der Waals surface area contributed by atoms with Crippen molar-refractivity contribution in [1.82, 2.24) is 0 Å². The average Bonchev–Trinajstić information content (AvgIpc) is 2.54. The Bertz CT molecular complexity index is 253. The third-order valence-corrected chi connectivity index (χ3v) is 6.92. The third-order valence-electron chi connectivity index (χ3n) is 6.92. The van der Waals surface area contributed by atoms with Crippen LogP contribution in [0.2, 0.25) is 0 Å². The SMILES string of the molecule is CCC(C)CCC(CCC(C)CC)C(C(C)C)C(C)C(C)CC. The van der Waals surface area contributed by atoms with Gasteiger partial charge in [-0.15, -0.1) is 0 Å². The Kier molecular flexibility index (Phi) is 12.4. The Balaban J connectivity index is 5.04. The molecule has 0 spiro atoms. The molecule has 0 rings (SSSR count). The van der Waals surface area contributed by atoms with Crippen molar-refractivity contribution in [3.63, 3.8) is 0 Å². The van der Waals surface area contributed by atoms with Crippen LogP contribution in [-0.2, 0) is 0 Å². The van der Waals surface area contributed by atoms with E-state index in [9.17, 15) is 0 Å². The van der Waals surface area contributed by atoms with Crippen molar-refractivity contribution >= 4 is 0 Å². The molecule has 5 unspecified atom stereocenters. The molecule has 0 N–H and O–H groups in total. The lowest BCUT2D eigenvalue weighted by Gasteiger charge is -2.39. The first kappa shape index (κ1) is 23.0. The molecule has 0 nitrogen and oxygen atoms in total. The molecule has 0 heteroatoms. The second-order valence-electron chi connectivity index (χ2n) is 9.01. The quantitative estimate of drug-likeness (QED) is 0.320. The van der Waals surface area contributed by atoms with E-state index in [0.717, 1.165) is 41.4 Å². The van der Waals surface area contributed by atoms with Gasteiger partial charge in [-0.2, -0.15) is 0 Å². The summed E-state index contributed by atoms with van der Waals surface area (Å²) in [5, 5.41) is 0. The van der Waals surface area contributed by atoms with Crippen LogP contribution in [0.15, 0.2) is 0 Å². The van der Waals surface area contributed by atoms with Gasteiger partial charge in [-0.1, -0.05) is 94.4 Å². The largest absolute Gasteiger partial charge is 0.0651 e. The molecule has 0 radical (unpaired) electrons. The van der Waals surface area contributed by atoms with Gasteiger partial charge in [0.05, 0.1) is 0 Å². The number of rotatable bonds is 13. The maximum absolute atomic E-state index is 2.54. The van der Waals surface area contributed by atoms with Crippen LogP contribution < -0.4 is 0 Å². The van der Waals surface area contributed by atoms with Crippen molar-refractivity contribution < 1.29 is 0 Å². The van der Waals surface area contributed by atoms with E-state index in [0.29, 0.717) is 0 Å². The highest BCUT2D eigenvalue weighted by Crippen LogP contribution is 2.40. The van der Waals surface area contributed by atoms with Gasteiger partial charge < -0.3 is 0 Å². The summed E-state index contributed by atoms with van der Waals surface area (Å²) in [6.07, 6.45) is 9.77. The van der Waals surface area contributed by atoms with E-state index in [1.807, 2.05) is 0 Å². The van der Waals surface area contributed by atoms with Crippen molar-refractivity contribution in [1.29, 1.82) is 0 Å². The van der Waals surface area contributed by atoms with Crippen LogP contribution in [0.1, 0.15) is 107 Å². The summed E-state index contributed by atoms with van der Waals surface area (Å²) < 4.78 is 0. The predicted molar refractivity (Wildman–Crippen MR) is 108 cm³/mol. The summed E-state index contributed by atoms with van der Waals surface area (Å²) in [7, 11) is 0. The highest BCUT2D eigenvalue weighted by Gasteiger charge is 2.31. The van der Waals surface area contributed by atoms with E-state index in [4.69, 9.17) is 0 Å². The molecule has 0 aliphatic carbocycles. The summed E-state index contributed by atoms with van der Waals surface area (Å²) in [4.78, 5) is 0. The predicted octanol–water partition coefficient (Wildman–Crippen LogP) is 8.21. The van der Waals surface area contributed by atoms with Crippen molar-refractivity contribution in [3.8, 4) is 0 Å². The molecule has 140 valence electrons. The molecule has 0 saturated carbocycles. The van der Waals surface area contributed by atoms with E-state index in [1.54, 1.807) is 0 Å². The molecule has 0 aromatic heterocycles. The standard InChI is InChI=1S/C23H48/c1-10-18(6)13-15-22(16-14-19(7)11-2)23(17(4)5)21(9)20(8)12-3/h17-23H,10-16H2,1-9H3. The minimum absolute atomic E-state index is 0.817. The second-order valence-corrected chi connectivity index (χ2v) is 9.01. The lowest BCUT2D eigenvalue weighted by atomic mass is 9.67. The van der Waals surface area contributed by atoms with Crippen molar-refractivity contribution in [2.75, 3.05) is 0 Å². The fourth-order valence-electron chi connectivity index (χ4n) is 4.27. The molecular formula is C23H48. The van der Waals surface area contributed by atoms with Crippen LogP contribution >= 0.6 is 0 Å². The van der Waals surface area contributed by atoms with Gasteiger partial charge in [-0.05, 0) is 54.3 Å². The molecule has 0 aliphatic heterocycles. The van der Waals surface area contributed by atoms with Gasteiger partial charge in [-0.3, -0.25) is 0 Å². The number of hydrogen-bond donors (Lipinski definition) is 0. The monoisotopic (exact) mass is 324 g/mol. The van der Waals surface area contributed by atoms with Gasteiger partial charge in [0.1, 0.15) is 0 Å². The minimum atomic E-state index is 0.817. The third kappa shape index (κ3) is 8.59. The normalized spacial score (nSPS) is 20.1. The first-order valence-electron chi connectivity index (χ1n) is 10.8. The smallest absolute Gasteiger partial charge is 0.0334 e. The van der Waals surface area contributed by atoms with E-state index < -0.39 is 0 Å². The van der Waals surface area contributed by atoms with Crippen LogP contribution in [0.5, 0.6) is 0 Å². The zero-order valence-electron chi connectivity index (χ0n) is 18.0. The zero-order valence-corrected chi connectivity index (χ0v) is 18.0. The van der Waals surface area contributed by atoms with E-state index >= 15 is 0 Å². The maximum atomic E-state index is 2.54. The van der Waals surface area contributed by atoms with E-state index in [-0.39, 0.29) is 0 Å². The summed E-state index contributed by atoms with van der Waals surface area (Å²) >= 11 is 0. The highest BCUT2D eigenvalue weighted by atomic mass is 14.4. The van der Waals surface area contributed by atoms with Gasteiger partial charge in [0, 0.05) is 0 Å². The van der Waals surface area contributed by atoms with Gasteiger partial charge >= 0.3 is 0 Å². The lowest BCUT2D eigenvalue weighted by Crippen LogP contribution is -2.31. The Morgan fingerprint density at radius 2 is 1.00 bits per heavy atom. The summed E-state index contributed by atoms with van der Waals surface area (Å²) in [6, 6.07) is 0. The Labute approximate surface area is 149 Å². The lowest BCUT2D eigenvalue weighted by molar-refractivity contribution is 0.108. The van der Waals surface area contributed by atoms with Crippen molar-refractivity contribution in [2.45, 2.75) is 107 Å². The van der Waals surface area contributed by atoms with Crippen molar-refractivity contribution in [2.24, 2.45) is 41.4 Å². The highest BCUT2D eigenvalue weighted by molar-refractivity contribution is 4.81. The fourth-order valence-corrected chi connectivity index (χ4v) is 4.27. The average molecular weight is 325 g/mol. The van der Waals surface area contributed by atoms with Crippen LogP contribution in [0.4, 0.5) is 0 Å². The molecule has 0 amide bonds. The topological polar surface area (TPSA) is 0 Å². The molecule has 0 fully saturated rings. The molecular weight excluding hydrogens is 276 g/mol. The van der Waals surface area contributed by atoms with Gasteiger partial charge in [-0.25, -0.2) is 0 Å². The Hall–Kier alpha value is 0. The summed E-state index contributed by atoms with van der Waals surface area (Å²) in [6.45, 7) is 21.9. The molecule has 23 heavy (non-hydrogen) atoms. The molecule has 5 atom stereocenters. The number of hydrogen-bond acceptors (Lipinski definition) is 0. The van der Waals surface area contributed by atoms with E-state index in [1.165, 1.54) is 44.9 Å². The van der Waals surface area contributed by atoms with Crippen LogP contribution in [-0.4, -0.2) is 0 Å². The molecule has 0 aromatic carbocycles. The van der Waals surface area contributed by atoms with Gasteiger partial charge in [0.2, 0.25) is 0 Å². The maximum Gasteiger partial charge on any atom is -0.0334 e. The molecule has 0 heterocycles. The Morgan fingerprint density at radius 1 is 0.565 bits per heavy atom. The van der Waals surface area contributed by atoms with Gasteiger partial charge in [0.15, 0.2) is 0 Å². The van der Waals surface area contributed by atoms with Crippen LogP contribution in [0, 0.1) is 41.4 Å². The van der Waals surface area contributed by atoms with Gasteiger partial charge in [0.25, 0.3) is 0 Å². The molecule has 0 aliphatic rings. The first-order valence-corrected chi connectivity index (χ1v) is 10.8. The second kappa shape index (κ2) is 12.4. The molecule has 0 bridgehead atoms. The summed E-state index contributed by atoms with van der Waals surface area (Å²) in [5.74, 6) is 6.16.